The Morgan fingerprint density at radius 2 is 1.88 bits per heavy atom. The van der Waals surface area contributed by atoms with Gasteiger partial charge in [0.1, 0.15) is 0 Å². The van der Waals surface area contributed by atoms with E-state index < -0.39 is 0 Å². The van der Waals surface area contributed by atoms with Gasteiger partial charge in [-0.25, -0.2) is 0 Å². The van der Waals surface area contributed by atoms with Gasteiger partial charge in [0.2, 0.25) is 0 Å². The van der Waals surface area contributed by atoms with Crippen LogP contribution in [0.15, 0.2) is 47.3 Å². The Labute approximate surface area is 96.3 Å². The Morgan fingerprint density at radius 3 is 2.56 bits per heavy atom. The first-order valence-corrected chi connectivity index (χ1v) is 5.68. The Balaban J connectivity index is 1.89. The van der Waals surface area contributed by atoms with Crippen molar-refractivity contribution in [1.29, 1.82) is 0 Å². The second-order valence-electron chi connectivity index (χ2n) is 3.86. The van der Waals surface area contributed by atoms with Crippen molar-refractivity contribution < 1.29 is 4.42 Å². The monoisotopic (exact) mass is 215 g/mol. The molecule has 1 heterocycles. The second kappa shape index (κ2) is 5.52. The van der Waals surface area contributed by atoms with E-state index in [1.807, 2.05) is 6.07 Å². The molecule has 2 nitrogen and oxygen atoms in total. The predicted molar refractivity (Wildman–Crippen MR) is 65.1 cm³/mol. The maximum Gasteiger partial charge on any atom is 0.0947 e. The quantitative estimate of drug-likeness (QED) is 0.829. The van der Waals surface area contributed by atoms with E-state index in [1.54, 1.807) is 12.5 Å². The van der Waals surface area contributed by atoms with Crippen LogP contribution in [0.25, 0.3) is 0 Å². The van der Waals surface area contributed by atoms with Crippen LogP contribution in [0, 0.1) is 0 Å². The second-order valence-corrected chi connectivity index (χ2v) is 3.86. The molecule has 0 amide bonds. The topological polar surface area (TPSA) is 25.2 Å². The Bertz CT molecular complexity index is 420. The number of benzene rings is 1. The average Bonchev–Trinajstić information content (AvgIpc) is 2.83. The molecule has 1 aromatic carbocycles. The van der Waals surface area contributed by atoms with Crippen LogP contribution in [0.5, 0.6) is 0 Å². The number of hydrogen-bond acceptors (Lipinski definition) is 2. The lowest BCUT2D eigenvalue weighted by atomic mass is 10.1. The zero-order valence-electron chi connectivity index (χ0n) is 9.57. The summed E-state index contributed by atoms with van der Waals surface area (Å²) in [6.45, 7) is 3.96. The maximum atomic E-state index is 5.02. The fraction of sp³-hybridized carbons (Fsp3) is 0.286. The highest BCUT2D eigenvalue weighted by Gasteiger charge is 1.99. The van der Waals surface area contributed by atoms with Gasteiger partial charge in [0.15, 0.2) is 0 Å². The normalized spacial score (nSPS) is 10.6. The molecule has 2 heteroatoms. The van der Waals surface area contributed by atoms with Gasteiger partial charge < -0.3 is 9.73 Å². The molecule has 0 saturated carbocycles. The van der Waals surface area contributed by atoms with Gasteiger partial charge in [-0.3, -0.25) is 0 Å². The van der Waals surface area contributed by atoms with Crippen LogP contribution in [0.4, 0.5) is 0 Å². The molecule has 1 aromatic heterocycles. The highest BCUT2D eigenvalue weighted by Crippen LogP contribution is 2.09. The lowest BCUT2D eigenvalue weighted by Gasteiger charge is -2.08. The first kappa shape index (κ1) is 11.0. The van der Waals surface area contributed by atoms with Gasteiger partial charge in [0.05, 0.1) is 12.5 Å². The van der Waals surface area contributed by atoms with Crippen LogP contribution in [-0.4, -0.2) is 0 Å². The molecule has 0 fully saturated rings. The van der Waals surface area contributed by atoms with Crippen LogP contribution in [0.2, 0.25) is 0 Å². The van der Waals surface area contributed by atoms with Gasteiger partial charge in [-0.05, 0) is 23.6 Å². The van der Waals surface area contributed by atoms with Gasteiger partial charge >= 0.3 is 0 Å². The molecule has 16 heavy (non-hydrogen) atoms. The fourth-order valence-corrected chi connectivity index (χ4v) is 1.81. The zero-order chi connectivity index (χ0) is 11.2. The molecular formula is C14H17NO. The largest absolute Gasteiger partial charge is 0.472 e. The molecule has 0 unspecified atom stereocenters. The van der Waals surface area contributed by atoms with Crippen LogP contribution in [0.1, 0.15) is 23.6 Å². The van der Waals surface area contributed by atoms with E-state index in [1.165, 1.54) is 16.7 Å². The van der Waals surface area contributed by atoms with Crippen molar-refractivity contribution in [2.24, 2.45) is 0 Å². The van der Waals surface area contributed by atoms with Crippen molar-refractivity contribution in [2.75, 3.05) is 0 Å². The zero-order valence-corrected chi connectivity index (χ0v) is 9.57. The first-order chi connectivity index (χ1) is 7.90. The van der Waals surface area contributed by atoms with Crippen LogP contribution < -0.4 is 5.32 Å². The van der Waals surface area contributed by atoms with Crippen molar-refractivity contribution in [3.63, 3.8) is 0 Å². The van der Waals surface area contributed by atoms with E-state index in [4.69, 9.17) is 4.42 Å². The van der Waals surface area contributed by atoms with E-state index in [0.717, 1.165) is 19.5 Å². The molecule has 0 spiro atoms. The number of aryl methyl sites for hydroxylation is 1. The van der Waals surface area contributed by atoms with Gasteiger partial charge in [-0.15, -0.1) is 0 Å². The maximum absolute atomic E-state index is 5.02. The molecule has 1 N–H and O–H groups in total. The van der Waals surface area contributed by atoms with Gasteiger partial charge in [-0.1, -0.05) is 31.2 Å². The van der Waals surface area contributed by atoms with Crippen molar-refractivity contribution in [2.45, 2.75) is 26.4 Å². The van der Waals surface area contributed by atoms with Crippen LogP contribution in [-0.2, 0) is 19.5 Å². The van der Waals surface area contributed by atoms with Gasteiger partial charge in [0.25, 0.3) is 0 Å². The molecule has 0 aliphatic carbocycles. The molecule has 0 aliphatic rings. The average molecular weight is 215 g/mol. The highest BCUT2D eigenvalue weighted by molar-refractivity contribution is 5.26. The minimum absolute atomic E-state index is 0.856. The minimum atomic E-state index is 0.856. The Hall–Kier alpha value is -1.54. The van der Waals surface area contributed by atoms with Crippen LogP contribution in [0.3, 0.4) is 0 Å². The summed E-state index contributed by atoms with van der Waals surface area (Å²) >= 11 is 0. The minimum Gasteiger partial charge on any atom is -0.472 e. The smallest absolute Gasteiger partial charge is 0.0947 e. The van der Waals surface area contributed by atoms with E-state index >= 15 is 0 Å². The standard InChI is InChI=1S/C14H17NO/c1-2-13-5-3-4-6-14(13)10-15-9-12-7-8-16-11-12/h3-8,11,15H,2,9-10H2,1H3. The van der Waals surface area contributed by atoms with Gasteiger partial charge in [-0.2, -0.15) is 0 Å². The molecule has 0 atom stereocenters. The predicted octanol–water partition coefficient (Wildman–Crippen LogP) is 3.13. The summed E-state index contributed by atoms with van der Waals surface area (Å²) in [5.41, 5.74) is 3.99. The van der Waals surface area contributed by atoms with Crippen molar-refractivity contribution in [1.82, 2.24) is 5.32 Å². The molecule has 2 rings (SSSR count). The molecule has 84 valence electrons. The Kier molecular flexibility index (Phi) is 3.78. The summed E-state index contributed by atoms with van der Waals surface area (Å²) in [4.78, 5) is 0. The molecule has 0 radical (unpaired) electrons. The molecule has 0 aliphatic heterocycles. The number of nitrogens with one attached hydrogen (secondary N) is 1. The van der Waals surface area contributed by atoms with Crippen molar-refractivity contribution in [3.8, 4) is 0 Å². The van der Waals surface area contributed by atoms with E-state index in [0.29, 0.717) is 0 Å². The van der Waals surface area contributed by atoms with E-state index in [-0.39, 0.29) is 0 Å². The summed E-state index contributed by atoms with van der Waals surface area (Å²) in [5, 5.41) is 3.42. The summed E-state index contributed by atoms with van der Waals surface area (Å²) in [6, 6.07) is 10.5. The lowest BCUT2D eigenvalue weighted by molar-refractivity contribution is 0.560. The number of furan rings is 1. The highest BCUT2D eigenvalue weighted by atomic mass is 16.3. The summed E-state index contributed by atoms with van der Waals surface area (Å²) < 4.78 is 5.02. The van der Waals surface area contributed by atoms with Gasteiger partial charge in [0, 0.05) is 18.7 Å². The fourth-order valence-electron chi connectivity index (χ4n) is 1.81. The molecule has 0 saturated heterocycles. The summed E-state index contributed by atoms with van der Waals surface area (Å²) in [7, 11) is 0. The van der Waals surface area contributed by atoms with Crippen LogP contribution >= 0.6 is 0 Å². The first-order valence-electron chi connectivity index (χ1n) is 5.68. The third kappa shape index (κ3) is 2.74. The molecular weight excluding hydrogens is 198 g/mol. The lowest BCUT2D eigenvalue weighted by Crippen LogP contribution is -2.13. The number of rotatable bonds is 5. The SMILES string of the molecule is CCc1ccccc1CNCc1ccoc1. The van der Waals surface area contributed by atoms with E-state index in [2.05, 4.69) is 36.5 Å². The molecule has 0 bridgehead atoms. The Morgan fingerprint density at radius 1 is 1.06 bits per heavy atom. The van der Waals surface area contributed by atoms with E-state index in [9.17, 15) is 0 Å². The molecule has 2 aromatic rings. The summed E-state index contributed by atoms with van der Waals surface area (Å²) in [5.74, 6) is 0. The van der Waals surface area contributed by atoms with Crippen molar-refractivity contribution >= 4 is 0 Å². The summed E-state index contributed by atoms with van der Waals surface area (Å²) in [6.07, 6.45) is 4.57. The third-order valence-corrected chi connectivity index (χ3v) is 2.72. The van der Waals surface area contributed by atoms with Crippen molar-refractivity contribution in [3.05, 3.63) is 59.5 Å². The number of hydrogen-bond donors (Lipinski definition) is 1. The third-order valence-electron chi connectivity index (χ3n) is 2.72.